The molecular formula is C4H6BrN3O. The lowest BCUT2D eigenvalue weighted by atomic mass is 10.5. The number of aliphatic hydroxyl groups is 1. The van der Waals surface area contributed by atoms with Crippen LogP contribution in [0.3, 0.4) is 0 Å². The summed E-state index contributed by atoms with van der Waals surface area (Å²) in [5, 5.41) is 15.9. The van der Waals surface area contributed by atoms with Gasteiger partial charge in [-0.1, -0.05) is 5.21 Å². The number of nitrogens with zero attached hydrogens (tertiary/aromatic N) is 3. The second-order valence-corrected chi connectivity index (χ2v) is 2.36. The molecule has 0 saturated carbocycles. The molecule has 4 nitrogen and oxygen atoms in total. The molecule has 1 heterocycles. The van der Waals surface area contributed by atoms with E-state index in [1.807, 2.05) is 0 Å². The van der Waals surface area contributed by atoms with Crippen LogP contribution in [0.1, 0.15) is 5.69 Å². The largest absolute Gasteiger partial charge is 0.390 e. The Labute approximate surface area is 60.6 Å². The normalized spacial score (nSPS) is 10.1. The van der Waals surface area contributed by atoms with E-state index < -0.39 is 0 Å². The Bertz CT molecular complexity index is 210. The van der Waals surface area contributed by atoms with E-state index >= 15 is 0 Å². The number of hydrogen-bond donors (Lipinski definition) is 1. The van der Waals surface area contributed by atoms with E-state index in [0.29, 0.717) is 5.69 Å². The summed E-state index contributed by atoms with van der Waals surface area (Å²) in [6, 6.07) is 0. The summed E-state index contributed by atoms with van der Waals surface area (Å²) in [6.45, 7) is -0.0750. The van der Waals surface area contributed by atoms with Crippen LogP contribution in [0.15, 0.2) is 4.60 Å². The van der Waals surface area contributed by atoms with Crippen molar-refractivity contribution in [3.63, 3.8) is 0 Å². The van der Waals surface area contributed by atoms with Crippen molar-refractivity contribution in [2.75, 3.05) is 0 Å². The Morgan fingerprint density at radius 3 is 2.67 bits per heavy atom. The fourth-order valence-electron chi connectivity index (χ4n) is 0.485. The molecule has 0 aliphatic carbocycles. The van der Waals surface area contributed by atoms with Gasteiger partial charge in [0.1, 0.15) is 10.3 Å². The summed E-state index contributed by atoms with van der Waals surface area (Å²) < 4.78 is 2.27. The van der Waals surface area contributed by atoms with E-state index in [9.17, 15) is 0 Å². The fourth-order valence-corrected chi connectivity index (χ4v) is 0.761. The van der Waals surface area contributed by atoms with Crippen molar-refractivity contribution in [2.45, 2.75) is 6.61 Å². The topological polar surface area (TPSA) is 50.9 Å². The number of aliphatic hydroxyl groups excluding tert-OH is 1. The molecule has 1 aromatic heterocycles. The number of rotatable bonds is 1. The quantitative estimate of drug-likeness (QED) is 0.684. The highest BCUT2D eigenvalue weighted by molar-refractivity contribution is 9.10. The molecule has 0 unspecified atom stereocenters. The molecule has 0 spiro atoms. The van der Waals surface area contributed by atoms with Crippen LogP contribution >= 0.6 is 15.9 Å². The maximum atomic E-state index is 8.59. The highest BCUT2D eigenvalue weighted by Crippen LogP contribution is 2.10. The zero-order valence-corrected chi connectivity index (χ0v) is 6.46. The van der Waals surface area contributed by atoms with Crippen LogP contribution in [0.2, 0.25) is 0 Å². The minimum Gasteiger partial charge on any atom is -0.390 e. The first-order chi connectivity index (χ1) is 4.25. The molecule has 5 heteroatoms. The molecular weight excluding hydrogens is 186 g/mol. The molecule has 0 fully saturated rings. The van der Waals surface area contributed by atoms with Gasteiger partial charge in [0, 0.05) is 7.05 Å². The van der Waals surface area contributed by atoms with Crippen LogP contribution in [-0.4, -0.2) is 20.1 Å². The van der Waals surface area contributed by atoms with E-state index in [-0.39, 0.29) is 6.61 Å². The van der Waals surface area contributed by atoms with Crippen LogP contribution in [0.25, 0.3) is 0 Å². The standard InChI is InChI=1S/C4H6BrN3O/c1-8-4(5)3(2-9)6-7-8/h9H,2H2,1H3. The zero-order chi connectivity index (χ0) is 6.85. The molecule has 0 atom stereocenters. The summed E-state index contributed by atoms with van der Waals surface area (Å²) in [5.41, 5.74) is 0.567. The Balaban J connectivity index is 3.04. The van der Waals surface area contributed by atoms with E-state index in [4.69, 9.17) is 5.11 Å². The first-order valence-corrected chi connectivity index (χ1v) is 3.20. The fraction of sp³-hybridized carbons (Fsp3) is 0.500. The molecule has 0 saturated heterocycles. The van der Waals surface area contributed by atoms with Crippen LogP contribution in [0.4, 0.5) is 0 Å². The number of aromatic nitrogens is 3. The van der Waals surface area contributed by atoms with Gasteiger partial charge in [-0.15, -0.1) is 5.10 Å². The summed E-state index contributed by atoms with van der Waals surface area (Å²) in [4.78, 5) is 0. The molecule has 1 N–H and O–H groups in total. The predicted octanol–water partition coefficient (Wildman–Crippen LogP) is 0.0699. The zero-order valence-electron chi connectivity index (χ0n) is 4.87. The highest BCUT2D eigenvalue weighted by Gasteiger charge is 2.03. The lowest BCUT2D eigenvalue weighted by Gasteiger charge is -1.88. The second-order valence-electron chi connectivity index (χ2n) is 1.61. The van der Waals surface area contributed by atoms with Gasteiger partial charge in [0.25, 0.3) is 0 Å². The molecule has 0 amide bonds. The van der Waals surface area contributed by atoms with Crippen molar-refractivity contribution in [3.8, 4) is 0 Å². The summed E-state index contributed by atoms with van der Waals surface area (Å²) in [7, 11) is 1.75. The maximum absolute atomic E-state index is 8.59. The summed E-state index contributed by atoms with van der Waals surface area (Å²) >= 11 is 3.19. The van der Waals surface area contributed by atoms with Gasteiger partial charge in [0.15, 0.2) is 0 Å². The predicted molar refractivity (Wildman–Crippen MR) is 34.6 cm³/mol. The Morgan fingerprint density at radius 1 is 1.78 bits per heavy atom. The minimum absolute atomic E-state index is 0.0750. The average Bonchev–Trinajstić information content (AvgIpc) is 2.15. The lowest BCUT2D eigenvalue weighted by molar-refractivity contribution is 0.276. The van der Waals surface area contributed by atoms with Gasteiger partial charge in [0.2, 0.25) is 0 Å². The monoisotopic (exact) mass is 191 g/mol. The van der Waals surface area contributed by atoms with Gasteiger partial charge in [-0.05, 0) is 15.9 Å². The van der Waals surface area contributed by atoms with Crippen LogP contribution in [0.5, 0.6) is 0 Å². The van der Waals surface area contributed by atoms with Gasteiger partial charge < -0.3 is 5.11 Å². The number of hydrogen-bond acceptors (Lipinski definition) is 3. The first-order valence-electron chi connectivity index (χ1n) is 2.40. The Kier molecular flexibility index (Phi) is 1.82. The van der Waals surface area contributed by atoms with Crippen molar-refractivity contribution in [1.82, 2.24) is 15.0 Å². The van der Waals surface area contributed by atoms with Crippen molar-refractivity contribution in [1.29, 1.82) is 0 Å². The molecule has 0 aliphatic heterocycles. The lowest BCUT2D eigenvalue weighted by Crippen LogP contribution is -1.89. The van der Waals surface area contributed by atoms with E-state index in [1.54, 1.807) is 11.7 Å². The van der Waals surface area contributed by atoms with E-state index in [1.165, 1.54) is 0 Å². The first kappa shape index (κ1) is 6.70. The molecule has 1 aromatic rings. The minimum atomic E-state index is -0.0750. The average molecular weight is 192 g/mol. The smallest absolute Gasteiger partial charge is 0.129 e. The van der Waals surface area contributed by atoms with Crippen molar-refractivity contribution in [2.24, 2.45) is 7.05 Å². The van der Waals surface area contributed by atoms with Gasteiger partial charge in [-0.2, -0.15) is 0 Å². The molecule has 50 valence electrons. The summed E-state index contributed by atoms with van der Waals surface area (Å²) in [6.07, 6.45) is 0. The highest BCUT2D eigenvalue weighted by atomic mass is 79.9. The van der Waals surface area contributed by atoms with Crippen LogP contribution < -0.4 is 0 Å². The van der Waals surface area contributed by atoms with E-state index in [0.717, 1.165) is 4.60 Å². The third-order valence-corrected chi connectivity index (χ3v) is 1.94. The third kappa shape index (κ3) is 1.11. The molecule has 0 aliphatic rings. The van der Waals surface area contributed by atoms with Crippen molar-refractivity contribution < 1.29 is 5.11 Å². The van der Waals surface area contributed by atoms with Crippen molar-refractivity contribution in [3.05, 3.63) is 10.3 Å². The van der Waals surface area contributed by atoms with Gasteiger partial charge in [-0.3, -0.25) is 0 Å². The second kappa shape index (κ2) is 2.45. The van der Waals surface area contributed by atoms with Crippen LogP contribution in [-0.2, 0) is 13.7 Å². The Hall–Kier alpha value is -0.420. The van der Waals surface area contributed by atoms with Crippen molar-refractivity contribution >= 4 is 15.9 Å². The number of aryl methyl sites for hydroxylation is 1. The maximum Gasteiger partial charge on any atom is 0.129 e. The molecule has 9 heavy (non-hydrogen) atoms. The molecule has 1 rings (SSSR count). The van der Waals surface area contributed by atoms with Gasteiger partial charge >= 0.3 is 0 Å². The molecule has 0 aromatic carbocycles. The van der Waals surface area contributed by atoms with Crippen LogP contribution in [0, 0.1) is 0 Å². The number of halogens is 1. The third-order valence-electron chi connectivity index (χ3n) is 0.972. The molecule has 0 bridgehead atoms. The summed E-state index contributed by atoms with van der Waals surface area (Å²) in [5.74, 6) is 0. The molecule has 0 radical (unpaired) electrons. The Morgan fingerprint density at radius 2 is 2.44 bits per heavy atom. The van der Waals surface area contributed by atoms with E-state index in [2.05, 4.69) is 26.2 Å². The SMILES string of the molecule is Cn1nnc(CO)c1Br. The van der Waals surface area contributed by atoms with Gasteiger partial charge in [-0.25, -0.2) is 4.68 Å². The van der Waals surface area contributed by atoms with Gasteiger partial charge in [0.05, 0.1) is 6.61 Å².